The number of halogens is 1. The number of nitrogens with zero attached hydrogens (tertiary/aromatic N) is 1. The van der Waals surface area contributed by atoms with Gasteiger partial charge in [-0.1, -0.05) is 26.0 Å². The van der Waals surface area contributed by atoms with Gasteiger partial charge in [-0.05, 0) is 20.0 Å². The summed E-state index contributed by atoms with van der Waals surface area (Å²) in [5.74, 6) is 1.25. The molecular weight excluding hydrogens is 196 g/mol. The Kier molecular flexibility index (Phi) is 8.24. The van der Waals surface area contributed by atoms with Gasteiger partial charge in [-0.15, -0.1) is 11.6 Å². The molecule has 0 aliphatic carbocycles. The summed E-state index contributed by atoms with van der Waals surface area (Å²) in [5, 5.41) is 3.50. The van der Waals surface area contributed by atoms with Crippen molar-refractivity contribution >= 4 is 11.6 Å². The van der Waals surface area contributed by atoms with Crippen molar-refractivity contribution < 1.29 is 0 Å². The number of hydrogen-bond acceptors (Lipinski definition) is 2. The van der Waals surface area contributed by atoms with Crippen molar-refractivity contribution in [3.63, 3.8) is 0 Å². The molecule has 0 radical (unpaired) electrons. The average molecular weight is 219 g/mol. The molecule has 14 heavy (non-hydrogen) atoms. The van der Waals surface area contributed by atoms with E-state index >= 15 is 0 Å². The van der Waals surface area contributed by atoms with Gasteiger partial charge < -0.3 is 10.2 Å². The lowest BCUT2D eigenvalue weighted by atomic mass is 10.0. The van der Waals surface area contributed by atoms with Gasteiger partial charge in [-0.3, -0.25) is 0 Å². The number of rotatable bonds is 7. The number of nitrogens with one attached hydrogen (secondary N) is 1. The van der Waals surface area contributed by atoms with E-state index in [-0.39, 0.29) is 0 Å². The molecule has 0 amide bonds. The molecule has 0 spiro atoms. The van der Waals surface area contributed by atoms with E-state index in [1.54, 1.807) is 0 Å². The zero-order valence-electron chi connectivity index (χ0n) is 9.76. The van der Waals surface area contributed by atoms with Gasteiger partial charge in [0.05, 0.1) is 0 Å². The van der Waals surface area contributed by atoms with E-state index < -0.39 is 0 Å². The van der Waals surface area contributed by atoms with Crippen LogP contribution in [0.3, 0.4) is 0 Å². The number of hydrogen-bond donors (Lipinski definition) is 1. The van der Waals surface area contributed by atoms with Crippen LogP contribution in [0.1, 0.15) is 13.8 Å². The van der Waals surface area contributed by atoms with Gasteiger partial charge in [0.1, 0.15) is 0 Å². The SMILES string of the molecule is CC(C)C(CN(C)C)NC/C=C/CCl. The fourth-order valence-corrected chi connectivity index (χ4v) is 1.40. The van der Waals surface area contributed by atoms with E-state index in [0.29, 0.717) is 17.8 Å². The van der Waals surface area contributed by atoms with Crippen molar-refractivity contribution in [2.24, 2.45) is 5.92 Å². The highest BCUT2D eigenvalue weighted by atomic mass is 35.5. The molecule has 0 aromatic rings. The molecule has 0 heterocycles. The van der Waals surface area contributed by atoms with Crippen molar-refractivity contribution in [3.05, 3.63) is 12.2 Å². The predicted molar refractivity (Wildman–Crippen MR) is 65.0 cm³/mol. The monoisotopic (exact) mass is 218 g/mol. The summed E-state index contributed by atoms with van der Waals surface area (Å²) in [7, 11) is 4.21. The lowest BCUT2D eigenvalue weighted by molar-refractivity contribution is 0.295. The third-order valence-corrected chi connectivity index (χ3v) is 2.30. The average Bonchev–Trinajstić information content (AvgIpc) is 2.09. The first kappa shape index (κ1) is 13.9. The first-order chi connectivity index (χ1) is 6.57. The Morgan fingerprint density at radius 2 is 1.93 bits per heavy atom. The van der Waals surface area contributed by atoms with Crippen LogP contribution in [0.25, 0.3) is 0 Å². The lowest BCUT2D eigenvalue weighted by Gasteiger charge is -2.25. The highest BCUT2D eigenvalue weighted by Gasteiger charge is 2.12. The fourth-order valence-electron chi connectivity index (χ4n) is 1.27. The molecule has 0 rings (SSSR count). The van der Waals surface area contributed by atoms with Crippen molar-refractivity contribution in [1.29, 1.82) is 0 Å². The van der Waals surface area contributed by atoms with Crippen LogP contribution in [-0.2, 0) is 0 Å². The molecule has 0 aliphatic heterocycles. The third kappa shape index (κ3) is 7.36. The van der Waals surface area contributed by atoms with Gasteiger partial charge in [-0.2, -0.15) is 0 Å². The van der Waals surface area contributed by atoms with E-state index in [4.69, 9.17) is 11.6 Å². The van der Waals surface area contributed by atoms with Crippen LogP contribution >= 0.6 is 11.6 Å². The Balaban J connectivity index is 3.79. The Bertz CT molecular complexity index is 155. The molecule has 1 atom stereocenters. The first-order valence-electron chi connectivity index (χ1n) is 5.17. The summed E-state index contributed by atoms with van der Waals surface area (Å²) in [6.45, 7) is 6.47. The van der Waals surface area contributed by atoms with Crippen LogP contribution in [0.2, 0.25) is 0 Å². The van der Waals surface area contributed by atoms with Crippen LogP contribution in [0.4, 0.5) is 0 Å². The van der Waals surface area contributed by atoms with Crippen molar-refractivity contribution in [2.45, 2.75) is 19.9 Å². The van der Waals surface area contributed by atoms with Gasteiger partial charge in [0, 0.05) is 25.0 Å². The van der Waals surface area contributed by atoms with Gasteiger partial charge in [0.25, 0.3) is 0 Å². The maximum atomic E-state index is 5.54. The lowest BCUT2D eigenvalue weighted by Crippen LogP contribution is -2.42. The number of alkyl halides is 1. The van der Waals surface area contributed by atoms with Crippen LogP contribution in [0.15, 0.2) is 12.2 Å². The molecule has 1 N–H and O–H groups in total. The quantitative estimate of drug-likeness (QED) is 0.519. The molecule has 0 aliphatic rings. The van der Waals surface area contributed by atoms with Gasteiger partial charge in [0.15, 0.2) is 0 Å². The molecule has 0 saturated carbocycles. The minimum atomic E-state index is 0.546. The Hall–Kier alpha value is -0.0500. The maximum Gasteiger partial charge on any atom is 0.0404 e. The molecule has 0 aromatic carbocycles. The molecular formula is C11H23ClN2. The summed E-state index contributed by atoms with van der Waals surface area (Å²) in [6, 6.07) is 0.546. The van der Waals surface area contributed by atoms with Crippen molar-refractivity contribution in [3.8, 4) is 0 Å². The van der Waals surface area contributed by atoms with Crippen molar-refractivity contribution in [2.75, 3.05) is 33.1 Å². The first-order valence-corrected chi connectivity index (χ1v) is 5.70. The van der Waals surface area contributed by atoms with Gasteiger partial charge in [0.2, 0.25) is 0 Å². The molecule has 2 nitrogen and oxygen atoms in total. The third-order valence-electron chi connectivity index (χ3n) is 2.12. The number of allylic oxidation sites excluding steroid dienone is 1. The normalized spacial score (nSPS) is 14.5. The van der Waals surface area contributed by atoms with E-state index in [1.165, 1.54) is 0 Å². The topological polar surface area (TPSA) is 15.3 Å². The van der Waals surface area contributed by atoms with Gasteiger partial charge >= 0.3 is 0 Å². The smallest absolute Gasteiger partial charge is 0.0404 e. The summed E-state index contributed by atoms with van der Waals surface area (Å²) in [5.41, 5.74) is 0. The summed E-state index contributed by atoms with van der Waals surface area (Å²) in [6.07, 6.45) is 4.06. The zero-order chi connectivity index (χ0) is 11.0. The second-order valence-electron chi connectivity index (χ2n) is 4.15. The second kappa shape index (κ2) is 8.27. The molecule has 0 fully saturated rings. The van der Waals surface area contributed by atoms with Crippen LogP contribution in [-0.4, -0.2) is 44.0 Å². The molecule has 3 heteroatoms. The molecule has 1 unspecified atom stereocenters. The predicted octanol–water partition coefficient (Wildman–Crippen LogP) is 1.96. The molecule has 84 valence electrons. The highest BCUT2D eigenvalue weighted by Crippen LogP contribution is 2.02. The van der Waals surface area contributed by atoms with Crippen LogP contribution in [0, 0.1) is 5.92 Å². The van der Waals surface area contributed by atoms with Crippen LogP contribution < -0.4 is 5.32 Å². The fraction of sp³-hybridized carbons (Fsp3) is 0.818. The molecule has 0 saturated heterocycles. The molecule has 0 aromatic heterocycles. The summed E-state index contributed by atoms with van der Waals surface area (Å²) < 4.78 is 0. The van der Waals surface area contributed by atoms with Gasteiger partial charge in [-0.25, -0.2) is 0 Å². The minimum absolute atomic E-state index is 0.546. The number of likely N-dealkylation sites (N-methyl/N-ethyl adjacent to an activating group) is 1. The Morgan fingerprint density at radius 3 is 2.36 bits per heavy atom. The van der Waals surface area contributed by atoms with E-state index in [0.717, 1.165) is 13.1 Å². The maximum absolute atomic E-state index is 5.54. The largest absolute Gasteiger partial charge is 0.309 e. The van der Waals surface area contributed by atoms with E-state index in [2.05, 4.69) is 44.2 Å². The van der Waals surface area contributed by atoms with E-state index in [1.807, 2.05) is 6.08 Å². The van der Waals surface area contributed by atoms with E-state index in [9.17, 15) is 0 Å². The molecule has 0 bridgehead atoms. The summed E-state index contributed by atoms with van der Waals surface area (Å²) >= 11 is 5.54. The van der Waals surface area contributed by atoms with Crippen LogP contribution in [0.5, 0.6) is 0 Å². The minimum Gasteiger partial charge on any atom is -0.309 e. The standard InChI is InChI=1S/C11H23ClN2/c1-10(2)11(9-14(3)4)13-8-6-5-7-12/h5-6,10-11,13H,7-9H2,1-4H3/b6-5+. The zero-order valence-corrected chi connectivity index (χ0v) is 10.5. The Labute approximate surface area is 93.3 Å². The highest BCUT2D eigenvalue weighted by molar-refractivity contribution is 6.18. The van der Waals surface area contributed by atoms with Crippen molar-refractivity contribution in [1.82, 2.24) is 10.2 Å². The second-order valence-corrected chi connectivity index (χ2v) is 4.46. The summed E-state index contributed by atoms with van der Waals surface area (Å²) in [4.78, 5) is 2.21. The Morgan fingerprint density at radius 1 is 1.29 bits per heavy atom.